The minimum atomic E-state index is -0.414. The number of benzene rings is 1. The second-order valence-corrected chi connectivity index (χ2v) is 5.41. The summed E-state index contributed by atoms with van der Waals surface area (Å²) in [4.78, 5) is 14.0. The van der Waals surface area contributed by atoms with Crippen LogP contribution in [0.5, 0.6) is 5.75 Å². The zero-order chi connectivity index (χ0) is 15.5. The van der Waals surface area contributed by atoms with Crippen molar-refractivity contribution in [1.29, 1.82) is 0 Å². The fourth-order valence-electron chi connectivity index (χ4n) is 2.94. The number of para-hydroxylation sites is 1. The molecule has 0 saturated carbocycles. The van der Waals surface area contributed by atoms with Gasteiger partial charge in [-0.2, -0.15) is 0 Å². The van der Waals surface area contributed by atoms with Crippen LogP contribution < -0.4 is 10.5 Å². The standard InChI is InChI=1S/C16H21N3O3/c1-21-14-4-2-3-12-13(16(17)20)11-19(15(12)14)6-5-18-7-9-22-10-8-18/h2-4,11H,5-10H2,1H3,(H2,17,20). The van der Waals surface area contributed by atoms with Crippen molar-refractivity contribution in [3.05, 3.63) is 30.0 Å². The van der Waals surface area contributed by atoms with Gasteiger partial charge in [0.25, 0.3) is 5.91 Å². The molecule has 0 spiro atoms. The Bertz CT molecular complexity index is 675. The molecule has 0 atom stereocenters. The minimum absolute atomic E-state index is 0.414. The van der Waals surface area contributed by atoms with Crippen LogP contribution in [0.4, 0.5) is 0 Å². The highest BCUT2D eigenvalue weighted by Gasteiger charge is 2.17. The summed E-state index contributed by atoms with van der Waals surface area (Å²) in [7, 11) is 1.64. The normalized spacial score (nSPS) is 16.0. The number of morpholine rings is 1. The minimum Gasteiger partial charge on any atom is -0.495 e. The van der Waals surface area contributed by atoms with Crippen molar-refractivity contribution in [2.45, 2.75) is 6.54 Å². The Morgan fingerprint density at radius 3 is 2.77 bits per heavy atom. The number of amides is 1. The maximum absolute atomic E-state index is 11.7. The summed E-state index contributed by atoms with van der Waals surface area (Å²) in [5.41, 5.74) is 6.96. The smallest absolute Gasteiger partial charge is 0.250 e. The maximum Gasteiger partial charge on any atom is 0.250 e. The van der Waals surface area contributed by atoms with Crippen molar-refractivity contribution < 1.29 is 14.3 Å². The second kappa shape index (κ2) is 6.37. The van der Waals surface area contributed by atoms with Crippen molar-refractivity contribution in [3.63, 3.8) is 0 Å². The molecule has 6 heteroatoms. The van der Waals surface area contributed by atoms with Gasteiger partial charge in [0.05, 0.1) is 31.4 Å². The Labute approximate surface area is 129 Å². The summed E-state index contributed by atoms with van der Waals surface area (Å²) in [6.45, 7) is 5.14. The zero-order valence-electron chi connectivity index (χ0n) is 12.7. The van der Waals surface area contributed by atoms with Gasteiger partial charge in [0.1, 0.15) is 5.75 Å². The first-order chi connectivity index (χ1) is 10.7. The molecular weight excluding hydrogens is 282 g/mol. The van der Waals surface area contributed by atoms with Crippen LogP contribution >= 0.6 is 0 Å². The lowest BCUT2D eigenvalue weighted by atomic mass is 10.1. The molecule has 0 bridgehead atoms. The van der Waals surface area contributed by atoms with E-state index in [4.69, 9.17) is 15.2 Å². The van der Waals surface area contributed by atoms with Gasteiger partial charge in [0, 0.05) is 37.8 Å². The molecule has 118 valence electrons. The highest BCUT2D eigenvalue weighted by atomic mass is 16.5. The third-order valence-electron chi connectivity index (χ3n) is 4.11. The third-order valence-corrected chi connectivity index (χ3v) is 4.11. The Balaban J connectivity index is 1.92. The van der Waals surface area contributed by atoms with E-state index in [9.17, 15) is 4.79 Å². The lowest BCUT2D eigenvalue weighted by molar-refractivity contribution is 0.0365. The third kappa shape index (κ3) is 2.80. The van der Waals surface area contributed by atoms with Gasteiger partial charge in [-0.3, -0.25) is 9.69 Å². The van der Waals surface area contributed by atoms with Crippen molar-refractivity contribution in [2.75, 3.05) is 40.0 Å². The molecule has 1 aliphatic rings. The Kier molecular flexibility index (Phi) is 4.31. The summed E-state index contributed by atoms with van der Waals surface area (Å²) in [5, 5.41) is 0.842. The highest BCUT2D eigenvalue weighted by molar-refractivity contribution is 6.07. The maximum atomic E-state index is 11.7. The Morgan fingerprint density at radius 1 is 1.32 bits per heavy atom. The molecule has 2 aromatic rings. The summed E-state index contributed by atoms with van der Waals surface area (Å²) >= 11 is 0. The van der Waals surface area contributed by atoms with Crippen LogP contribution in [0.2, 0.25) is 0 Å². The monoisotopic (exact) mass is 303 g/mol. The molecule has 0 radical (unpaired) electrons. The number of carbonyl (C=O) groups is 1. The predicted octanol–water partition coefficient (Wildman–Crippen LogP) is 1.08. The predicted molar refractivity (Wildman–Crippen MR) is 84.3 cm³/mol. The summed E-state index contributed by atoms with van der Waals surface area (Å²) in [5.74, 6) is 0.343. The molecule has 2 heterocycles. The number of fused-ring (bicyclic) bond motifs is 1. The van der Waals surface area contributed by atoms with Crippen molar-refractivity contribution in [1.82, 2.24) is 9.47 Å². The largest absolute Gasteiger partial charge is 0.495 e. The molecular formula is C16H21N3O3. The lowest BCUT2D eigenvalue weighted by Gasteiger charge is -2.26. The number of nitrogens with two attached hydrogens (primary N) is 1. The van der Waals surface area contributed by atoms with Crippen LogP contribution in [0.25, 0.3) is 10.9 Å². The van der Waals surface area contributed by atoms with Crippen LogP contribution in [0.3, 0.4) is 0 Å². The van der Waals surface area contributed by atoms with E-state index in [0.29, 0.717) is 5.56 Å². The van der Waals surface area contributed by atoms with E-state index in [1.807, 2.05) is 24.4 Å². The molecule has 1 aromatic heterocycles. The number of methoxy groups -OCH3 is 1. The molecule has 1 saturated heterocycles. The number of primary amides is 1. The van der Waals surface area contributed by atoms with E-state index >= 15 is 0 Å². The summed E-state index contributed by atoms with van der Waals surface area (Å²) < 4.78 is 12.9. The number of hydrogen-bond acceptors (Lipinski definition) is 4. The number of ether oxygens (including phenoxy) is 2. The Morgan fingerprint density at radius 2 is 2.09 bits per heavy atom. The molecule has 1 fully saturated rings. The van der Waals surface area contributed by atoms with Crippen LogP contribution in [0.15, 0.2) is 24.4 Å². The van der Waals surface area contributed by atoms with Gasteiger partial charge < -0.3 is 19.8 Å². The molecule has 2 N–H and O–H groups in total. The van der Waals surface area contributed by atoms with Crippen LogP contribution in [-0.4, -0.2) is 55.3 Å². The molecule has 3 rings (SSSR count). The molecule has 6 nitrogen and oxygen atoms in total. The molecule has 0 unspecified atom stereocenters. The van der Waals surface area contributed by atoms with Gasteiger partial charge in [-0.05, 0) is 6.07 Å². The van der Waals surface area contributed by atoms with Gasteiger partial charge in [-0.25, -0.2) is 0 Å². The second-order valence-electron chi connectivity index (χ2n) is 5.41. The molecule has 0 aliphatic carbocycles. The lowest BCUT2D eigenvalue weighted by Crippen LogP contribution is -2.38. The Hall–Kier alpha value is -2.05. The van der Waals surface area contributed by atoms with E-state index in [0.717, 1.165) is 56.0 Å². The number of hydrogen-bond donors (Lipinski definition) is 1. The van der Waals surface area contributed by atoms with E-state index < -0.39 is 5.91 Å². The SMILES string of the molecule is COc1cccc2c(C(N)=O)cn(CCN3CCOCC3)c12. The van der Waals surface area contributed by atoms with E-state index in [1.165, 1.54) is 0 Å². The number of nitrogens with zero attached hydrogens (tertiary/aromatic N) is 2. The molecule has 22 heavy (non-hydrogen) atoms. The number of aromatic nitrogens is 1. The first kappa shape index (κ1) is 14.9. The topological polar surface area (TPSA) is 69.7 Å². The van der Waals surface area contributed by atoms with Gasteiger partial charge in [0.15, 0.2) is 0 Å². The fourth-order valence-corrected chi connectivity index (χ4v) is 2.94. The average molecular weight is 303 g/mol. The van der Waals surface area contributed by atoms with Crippen molar-refractivity contribution in [2.24, 2.45) is 5.73 Å². The van der Waals surface area contributed by atoms with Crippen molar-refractivity contribution in [3.8, 4) is 5.75 Å². The number of carbonyl (C=O) groups excluding carboxylic acids is 1. The zero-order valence-corrected chi connectivity index (χ0v) is 12.7. The quantitative estimate of drug-likeness (QED) is 0.897. The first-order valence-corrected chi connectivity index (χ1v) is 7.46. The van der Waals surface area contributed by atoms with Crippen molar-refractivity contribution >= 4 is 16.8 Å². The molecule has 1 amide bonds. The van der Waals surface area contributed by atoms with E-state index in [1.54, 1.807) is 7.11 Å². The molecule has 1 aliphatic heterocycles. The fraction of sp³-hybridized carbons (Fsp3) is 0.438. The summed E-state index contributed by atoms with van der Waals surface area (Å²) in [6, 6.07) is 5.68. The highest BCUT2D eigenvalue weighted by Crippen LogP contribution is 2.29. The molecule has 1 aromatic carbocycles. The average Bonchev–Trinajstić information content (AvgIpc) is 2.93. The van der Waals surface area contributed by atoms with Crippen LogP contribution in [0, 0.1) is 0 Å². The van der Waals surface area contributed by atoms with Gasteiger partial charge >= 0.3 is 0 Å². The van der Waals surface area contributed by atoms with Gasteiger partial charge in [-0.1, -0.05) is 12.1 Å². The van der Waals surface area contributed by atoms with Crippen LogP contribution in [-0.2, 0) is 11.3 Å². The summed E-state index contributed by atoms with van der Waals surface area (Å²) in [6.07, 6.45) is 1.83. The first-order valence-electron chi connectivity index (χ1n) is 7.46. The van der Waals surface area contributed by atoms with Gasteiger partial charge in [-0.15, -0.1) is 0 Å². The number of rotatable bonds is 5. The van der Waals surface area contributed by atoms with Gasteiger partial charge in [0.2, 0.25) is 0 Å². The van der Waals surface area contributed by atoms with E-state index in [-0.39, 0.29) is 0 Å². The van der Waals surface area contributed by atoms with E-state index in [2.05, 4.69) is 9.47 Å². The van der Waals surface area contributed by atoms with Crippen LogP contribution in [0.1, 0.15) is 10.4 Å².